The first-order valence-electron chi connectivity index (χ1n) is 7.47. The number of unbranched alkanes of at least 4 members (excludes halogenated alkanes) is 1. The molecule has 0 bridgehead atoms. The van der Waals surface area contributed by atoms with Crippen LogP contribution in [0.2, 0.25) is 0 Å². The molecule has 1 fully saturated rings. The summed E-state index contributed by atoms with van der Waals surface area (Å²) in [5.74, 6) is -0.611. The van der Waals surface area contributed by atoms with Crippen LogP contribution in [0.15, 0.2) is 24.3 Å². The van der Waals surface area contributed by atoms with Crippen LogP contribution in [0.5, 0.6) is 0 Å². The van der Waals surface area contributed by atoms with Crippen LogP contribution in [0.3, 0.4) is 0 Å². The quantitative estimate of drug-likeness (QED) is 0.831. The molecule has 2 nitrogen and oxygen atoms in total. The van der Waals surface area contributed by atoms with E-state index >= 15 is 0 Å². The lowest BCUT2D eigenvalue weighted by atomic mass is 9.80. The summed E-state index contributed by atoms with van der Waals surface area (Å²) in [4.78, 5) is 11.5. The summed E-state index contributed by atoms with van der Waals surface area (Å²) >= 11 is 0. The lowest BCUT2D eigenvalue weighted by Crippen LogP contribution is -2.30. The van der Waals surface area contributed by atoms with Gasteiger partial charge in [-0.3, -0.25) is 4.79 Å². The van der Waals surface area contributed by atoms with Crippen molar-refractivity contribution in [1.82, 2.24) is 0 Å². The Balaban J connectivity index is 2.04. The van der Waals surface area contributed by atoms with E-state index in [2.05, 4.69) is 31.2 Å². The minimum atomic E-state index is -0.611. The third-order valence-corrected chi connectivity index (χ3v) is 4.40. The van der Waals surface area contributed by atoms with Crippen molar-refractivity contribution in [3.05, 3.63) is 35.4 Å². The number of carboxylic acid groups (broad SMARTS) is 1. The van der Waals surface area contributed by atoms with E-state index in [1.165, 1.54) is 24.0 Å². The van der Waals surface area contributed by atoms with Crippen molar-refractivity contribution in [2.24, 2.45) is 5.41 Å². The smallest absolute Gasteiger partial charge is 0.309 e. The van der Waals surface area contributed by atoms with E-state index in [0.717, 1.165) is 32.1 Å². The van der Waals surface area contributed by atoms with Gasteiger partial charge in [0.15, 0.2) is 0 Å². The number of aryl methyl sites for hydroxylation is 1. The Bertz CT molecular complexity index is 413. The number of benzene rings is 1. The largest absolute Gasteiger partial charge is 0.481 e. The predicted molar refractivity (Wildman–Crippen MR) is 77.3 cm³/mol. The first-order valence-corrected chi connectivity index (χ1v) is 7.47. The number of carbonyl (C=O) groups is 1. The van der Waals surface area contributed by atoms with Crippen LogP contribution in [0.1, 0.15) is 56.6 Å². The second-order valence-corrected chi connectivity index (χ2v) is 5.89. The zero-order valence-corrected chi connectivity index (χ0v) is 11.8. The van der Waals surface area contributed by atoms with Gasteiger partial charge in [-0.1, -0.05) is 50.5 Å². The SMILES string of the molecule is CCCCc1ccc(CC2(C(=O)O)CCCC2)cc1. The van der Waals surface area contributed by atoms with Gasteiger partial charge in [-0.25, -0.2) is 0 Å². The molecule has 0 unspecified atom stereocenters. The molecule has 0 aliphatic heterocycles. The van der Waals surface area contributed by atoms with Crippen molar-refractivity contribution in [3.63, 3.8) is 0 Å². The molecule has 19 heavy (non-hydrogen) atoms. The summed E-state index contributed by atoms with van der Waals surface area (Å²) in [6.45, 7) is 2.20. The first kappa shape index (κ1) is 14.1. The molecule has 0 heterocycles. The summed E-state index contributed by atoms with van der Waals surface area (Å²) in [5, 5.41) is 9.50. The van der Waals surface area contributed by atoms with E-state index in [0.29, 0.717) is 6.42 Å². The van der Waals surface area contributed by atoms with E-state index in [1.807, 2.05) is 0 Å². The zero-order valence-electron chi connectivity index (χ0n) is 11.8. The highest BCUT2D eigenvalue weighted by Gasteiger charge is 2.41. The second kappa shape index (κ2) is 6.23. The molecule has 0 atom stereocenters. The molecule has 0 aromatic heterocycles. The van der Waals surface area contributed by atoms with Gasteiger partial charge in [-0.15, -0.1) is 0 Å². The Hall–Kier alpha value is -1.31. The van der Waals surface area contributed by atoms with Gasteiger partial charge in [0.1, 0.15) is 0 Å². The molecule has 1 aliphatic carbocycles. The first-order chi connectivity index (χ1) is 9.16. The standard InChI is InChI=1S/C17H24O2/c1-2-3-6-14-7-9-15(10-8-14)13-17(16(18)19)11-4-5-12-17/h7-10H,2-6,11-13H2,1H3,(H,18,19). The van der Waals surface area contributed by atoms with Gasteiger partial charge in [-0.05, 0) is 43.2 Å². The fourth-order valence-corrected chi connectivity index (χ4v) is 3.11. The molecular formula is C17H24O2. The van der Waals surface area contributed by atoms with Crippen molar-refractivity contribution in [3.8, 4) is 0 Å². The number of hydrogen-bond acceptors (Lipinski definition) is 1. The molecular weight excluding hydrogens is 236 g/mol. The highest BCUT2D eigenvalue weighted by molar-refractivity contribution is 5.75. The minimum Gasteiger partial charge on any atom is -0.481 e. The fraction of sp³-hybridized carbons (Fsp3) is 0.588. The third-order valence-electron chi connectivity index (χ3n) is 4.40. The lowest BCUT2D eigenvalue weighted by molar-refractivity contribution is -0.148. The van der Waals surface area contributed by atoms with E-state index in [9.17, 15) is 9.90 Å². The lowest BCUT2D eigenvalue weighted by Gasteiger charge is -2.23. The van der Waals surface area contributed by atoms with E-state index in [1.54, 1.807) is 0 Å². The molecule has 1 aromatic rings. The summed E-state index contributed by atoms with van der Waals surface area (Å²) in [5.41, 5.74) is 2.04. The molecule has 1 aliphatic rings. The normalized spacial score (nSPS) is 17.5. The summed E-state index contributed by atoms with van der Waals surface area (Å²) in [6, 6.07) is 8.56. The average molecular weight is 260 g/mol. The molecule has 1 saturated carbocycles. The predicted octanol–water partition coefficient (Wildman–Crippen LogP) is 4.22. The third kappa shape index (κ3) is 3.37. The van der Waals surface area contributed by atoms with Gasteiger partial charge in [-0.2, -0.15) is 0 Å². The maximum atomic E-state index is 11.5. The van der Waals surface area contributed by atoms with Gasteiger partial charge in [0.05, 0.1) is 5.41 Å². The Morgan fingerprint density at radius 1 is 1.16 bits per heavy atom. The van der Waals surface area contributed by atoms with Gasteiger partial charge in [0.2, 0.25) is 0 Å². The molecule has 0 amide bonds. The highest BCUT2D eigenvalue weighted by Crippen LogP contribution is 2.41. The van der Waals surface area contributed by atoms with Gasteiger partial charge >= 0.3 is 5.97 Å². The van der Waals surface area contributed by atoms with Crippen molar-refractivity contribution in [1.29, 1.82) is 0 Å². The van der Waals surface area contributed by atoms with E-state index < -0.39 is 11.4 Å². The molecule has 2 rings (SSSR count). The van der Waals surface area contributed by atoms with E-state index in [4.69, 9.17) is 0 Å². The highest BCUT2D eigenvalue weighted by atomic mass is 16.4. The molecule has 0 saturated heterocycles. The van der Waals surface area contributed by atoms with Crippen LogP contribution in [0.4, 0.5) is 0 Å². The minimum absolute atomic E-state index is 0.495. The Morgan fingerprint density at radius 2 is 1.74 bits per heavy atom. The van der Waals surface area contributed by atoms with Gasteiger partial charge in [0.25, 0.3) is 0 Å². The Kier molecular flexibility index (Phi) is 4.62. The molecule has 1 N–H and O–H groups in total. The monoisotopic (exact) mass is 260 g/mol. The topological polar surface area (TPSA) is 37.3 Å². The number of aliphatic carboxylic acids is 1. The van der Waals surface area contributed by atoms with Crippen LogP contribution in [-0.2, 0) is 17.6 Å². The van der Waals surface area contributed by atoms with Crippen LogP contribution < -0.4 is 0 Å². The second-order valence-electron chi connectivity index (χ2n) is 5.89. The molecule has 1 aromatic carbocycles. The maximum Gasteiger partial charge on any atom is 0.309 e. The zero-order chi connectivity index (χ0) is 13.7. The number of carboxylic acids is 1. The van der Waals surface area contributed by atoms with E-state index in [-0.39, 0.29) is 0 Å². The van der Waals surface area contributed by atoms with Crippen LogP contribution in [0, 0.1) is 5.41 Å². The maximum absolute atomic E-state index is 11.5. The van der Waals surface area contributed by atoms with Crippen LogP contribution in [0.25, 0.3) is 0 Å². The summed E-state index contributed by atoms with van der Waals surface area (Å²) < 4.78 is 0. The molecule has 0 radical (unpaired) electrons. The Labute approximate surface area is 115 Å². The fourth-order valence-electron chi connectivity index (χ4n) is 3.11. The van der Waals surface area contributed by atoms with Crippen LogP contribution in [-0.4, -0.2) is 11.1 Å². The van der Waals surface area contributed by atoms with Gasteiger partial charge in [0, 0.05) is 0 Å². The van der Waals surface area contributed by atoms with Gasteiger partial charge < -0.3 is 5.11 Å². The summed E-state index contributed by atoms with van der Waals surface area (Å²) in [7, 11) is 0. The molecule has 2 heteroatoms. The molecule has 104 valence electrons. The van der Waals surface area contributed by atoms with Crippen LogP contribution >= 0.6 is 0 Å². The average Bonchev–Trinajstić information content (AvgIpc) is 2.88. The van der Waals surface area contributed by atoms with Crippen molar-refractivity contribution >= 4 is 5.97 Å². The number of rotatable bonds is 6. The molecule has 0 spiro atoms. The van der Waals surface area contributed by atoms with Crippen molar-refractivity contribution in [2.45, 2.75) is 58.3 Å². The number of hydrogen-bond donors (Lipinski definition) is 1. The van der Waals surface area contributed by atoms with Crippen molar-refractivity contribution < 1.29 is 9.90 Å². The summed E-state index contributed by atoms with van der Waals surface area (Å²) in [6.07, 6.45) is 8.03. The Morgan fingerprint density at radius 3 is 2.26 bits per heavy atom. The van der Waals surface area contributed by atoms with Crippen molar-refractivity contribution in [2.75, 3.05) is 0 Å².